The summed E-state index contributed by atoms with van der Waals surface area (Å²) in [6.07, 6.45) is 0. The number of carbonyl (C=O) groups excluding carboxylic acids is 1. The van der Waals surface area contributed by atoms with E-state index in [1.165, 1.54) is 3.57 Å². The Labute approximate surface area is 75.3 Å². The average Bonchev–Trinajstić information content (AvgIpc) is 2.04. The number of benzene rings is 1. The fourth-order valence-corrected chi connectivity index (χ4v) is 3.13. The Morgan fingerprint density at radius 2 is 2.18 bits per heavy atom. The van der Waals surface area contributed by atoms with Gasteiger partial charge < -0.3 is 0 Å². The second kappa shape index (κ2) is 2.81. The molecule has 1 aliphatic rings. The molecule has 0 unspecified atom stereocenters. The molecule has 3 heteroatoms. The van der Waals surface area contributed by atoms with Crippen LogP contribution in [0, 0.1) is 3.57 Å². The van der Waals surface area contributed by atoms with Crippen LogP contribution in [0.5, 0.6) is 0 Å². The van der Waals surface area contributed by atoms with Crippen molar-refractivity contribution >= 4 is 11.6 Å². The summed E-state index contributed by atoms with van der Waals surface area (Å²) in [7, 11) is 0. The summed E-state index contributed by atoms with van der Waals surface area (Å²) in [4.78, 5) is 10.9. The zero-order chi connectivity index (χ0) is 7.68. The van der Waals surface area contributed by atoms with E-state index in [1.807, 2.05) is 18.2 Å². The SMILES string of the molecule is O=C1C[I-]c2ccccc2N1. The van der Waals surface area contributed by atoms with E-state index in [0.29, 0.717) is 0 Å². The summed E-state index contributed by atoms with van der Waals surface area (Å²) in [6.45, 7) is 0. The van der Waals surface area contributed by atoms with E-state index in [1.54, 1.807) is 0 Å². The van der Waals surface area contributed by atoms with Crippen LogP contribution in [-0.2, 0) is 4.79 Å². The minimum atomic E-state index is -0.0573. The van der Waals surface area contributed by atoms with E-state index in [9.17, 15) is 4.79 Å². The van der Waals surface area contributed by atoms with Gasteiger partial charge in [0.05, 0.1) is 0 Å². The van der Waals surface area contributed by atoms with Crippen LogP contribution >= 0.6 is 0 Å². The van der Waals surface area contributed by atoms with Gasteiger partial charge in [-0.05, 0) is 0 Å². The van der Waals surface area contributed by atoms with Crippen LogP contribution in [0.15, 0.2) is 24.3 Å². The number of hydrogen-bond acceptors (Lipinski definition) is 1. The Morgan fingerprint density at radius 3 is 3.09 bits per heavy atom. The molecule has 1 aromatic rings. The molecule has 0 saturated carbocycles. The van der Waals surface area contributed by atoms with Gasteiger partial charge in [-0.2, -0.15) is 0 Å². The summed E-state index contributed by atoms with van der Waals surface area (Å²) in [5.41, 5.74) is 1.02. The first-order chi connectivity index (χ1) is 5.36. The van der Waals surface area contributed by atoms with Gasteiger partial charge in [0.15, 0.2) is 0 Å². The molecule has 0 spiro atoms. The maximum absolute atomic E-state index is 10.9. The van der Waals surface area contributed by atoms with Crippen molar-refractivity contribution < 1.29 is 26.0 Å². The zero-order valence-corrected chi connectivity index (χ0v) is 7.96. The van der Waals surface area contributed by atoms with Crippen LogP contribution in [-0.4, -0.2) is 10.3 Å². The number of fused-ring (bicyclic) bond motifs is 1. The molecule has 1 amide bonds. The van der Waals surface area contributed by atoms with Gasteiger partial charge in [0.25, 0.3) is 0 Å². The minimum absolute atomic E-state index is 0.0573. The molecule has 0 fully saturated rings. The van der Waals surface area contributed by atoms with Crippen LogP contribution in [0.4, 0.5) is 5.69 Å². The van der Waals surface area contributed by atoms with Crippen molar-refractivity contribution in [2.75, 3.05) is 9.74 Å². The average molecular weight is 260 g/mol. The first kappa shape index (κ1) is 7.09. The molecule has 1 aliphatic heterocycles. The molecule has 2 nitrogen and oxygen atoms in total. The molecule has 11 heavy (non-hydrogen) atoms. The summed E-state index contributed by atoms with van der Waals surface area (Å²) in [6, 6.07) is 8.04. The number of hydrogen-bond donors (Lipinski definition) is 1. The van der Waals surface area contributed by atoms with Crippen LogP contribution in [0.25, 0.3) is 0 Å². The van der Waals surface area contributed by atoms with Gasteiger partial charge >= 0.3 is 75.2 Å². The molecule has 0 atom stereocenters. The Morgan fingerprint density at radius 1 is 1.36 bits per heavy atom. The van der Waals surface area contributed by atoms with Crippen molar-refractivity contribution in [2.24, 2.45) is 0 Å². The van der Waals surface area contributed by atoms with E-state index in [0.717, 1.165) is 10.1 Å². The van der Waals surface area contributed by atoms with Crippen molar-refractivity contribution in [3.05, 3.63) is 27.8 Å². The monoisotopic (exact) mass is 260 g/mol. The van der Waals surface area contributed by atoms with Gasteiger partial charge in [0, 0.05) is 0 Å². The standard InChI is InChI=1S/C8H7INO/c11-8-5-9-6-3-1-2-4-7(6)10-8/h1-4H,5H2,(H,10,11)/q-1. The molecule has 2 rings (SSSR count). The maximum atomic E-state index is 10.9. The van der Waals surface area contributed by atoms with Gasteiger partial charge in [-0.3, -0.25) is 0 Å². The quantitative estimate of drug-likeness (QED) is 0.420. The fraction of sp³-hybridized carbons (Fsp3) is 0.125. The molecule has 0 radical (unpaired) electrons. The topological polar surface area (TPSA) is 29.1 Å². The number of para-hydroxylation sites is 1. The molecule has 1 aromatic carbocycles. The van der Waals surface area contributed by atoms with Gasteiger partial charge in [-0.25, -0.2) is 0 Å². The number of halogens is 1. The number of carbonyl (C=O) groups is 1. The number of nitrogens with one attached hydrogen (secondary N) is 1. The number of amides is 1. The van der Waals surface area contributed by atoms with Crippen LogP contribution in [0.3, 0.4) is 0 Å². The Hall–Kier alpha value is -0.580. The molecule has 1 heterocycles. The molecule has 0 aromatic heterocycles. The van der Waals surface area contributed by atoms with E-state index in [2.05, 4.69) is 11.4 Å². The zero-order valence-electron chi connectivity index (χ0n) is 5.80. The fourth-order valence-electron chi connectivity index (χ4n) is 0.995. The molecule has 0 aliphatic carbocycles. The molecule has 1 N–H and O–H groups in total. The second-order valence-corrected chi connectivity index (χ2v) is 4.98. The third-order valence-corrected chi connectivity index (χ3v) is 4.32. The Bertz CT molecular complexity index is 298. The third kappa shape index (κ3) is 1.38. The van der Waals surface area contributed by atoms with Crippen LogP contribution < -0.4 is 26.5 Å². The Kier molecular flexibility index (Phi) is 1.81. The second-order valence-electron chi connectivity index (χ2n) is 2.30. The van der Waals surface area contributed by atoms with Gasteiger partial charge in [0.2, 0.25) is 0 Å². The predicted molar refractivity (Wildman–Crippen MR) is 38.6 cm³/mol. The summed E-state index contributed by atoms with van der Waals surface area (Å²) < 4.78 is 2.08. The normalized spacial score (nSPS) is 16.2. The van der Waals surface area contributed by atoms with E-state index < -0.39 is 0 Å². The van der Waals surface area contributed by atoms with Crippen molar-refractivity contribution in [1.82, 2.24) is 0 Å². The third-order valence-electron chi connectivity index (χ3n) is 1.48. The number of rotatable bonds is 0. The van der Waals surface area contributed by atoms with Gasteiger partial charge in [-0.15, -0.1) is 0 Å². The van der Waals surface area contributed by atoms with E-state index in [-0.39, 0.29) is 27.1 Å². The van der Waals surface area contributed by atoms with Crippen LogP contribution in [0.2, 0.25) is 0 Å². The van der Waals surface area contributed by atoms with Crippen molar-refractivity contribution in [1.29, 1.82) is 0 Å². The van der Waals surface area contributed by atoms with Crippen molar-refractivity contribution in [3.8, 4) is 0 Å². The van der Waals surface area contributed by atoms with Gasteiger partial charge in [0.1, 0.15) is 0 Å². The molecule has 0 bridgehead atoms. The van der Waals surface area contributed by atoms with Crippen molar-refractivity contribution in [2.45, 2.75) is 0 Å². The molecule has 0 saturated heterocycles. The molecular formula is C8H7INO-. The first-order valence-corrected chi connectivity index (χ1v) is 5.95. The van der Waals surface area contributed by atoms with Gasteiger partial charge in [-0.1, -0.05) is 0 Å². The number of alkyl halides is 1. The van der Waals surface area contributed by atoms with E-state index in [4.69, 9.17) is 0 Å². The molecular weight excluding hydrogens is 253 g/mol. The molecule has 58 valence electrons. The Balaban J connectivity index is 2.41. The van der Waals surface area contributed by atoms with Crippen LogP contribution in [0.1, 0.15) is 0 Å². The van der Waals surface area contributed by atoms with Crippen molar-refractivity contribution in [3.63, 3.8) is 0 Å². The summed E-state index contributed by atoms with van der Waals surface area (Å²) in [5, 5.41) is 2.85. The summed E-state index contributed by atoms with van der Waals surface area (Å²) >= 11 is -0.0573. The first-order valence-electron chi connectivity index (χ1n) is 3.34. The number of anilines is 1. The summed E-state index contributed by atoms with van der Waals surface area (Å²) in [5.74, 6) is 0.177. The van der Waals surface area contributed by atoms with E-state index >= 15 is 0 Å². The predicted octanol–water partition coefficient (Wildman–Crippen LogP) is -2.10.